The lowest BCUT2D eigenvalue weighted by Crippen LogP contribution is -2.14. The molecule has 0 aromatic carbocycles. The lowest BCUT2D eigenvalue weighted by molar-refractivity contribution is 0.178. The van der Waals surface area contributed by atoms with Gasteiger partial charge in [0.15, 0.2) is 0 Å². The molecular formula is C11H17N3O2. The van der Waals surface area contributed by atoms with Crippen LogP contribution >= 0.6 is 0 Å². The fraction of sp³-hybridized carbons (Fsp3) is 0.636. The van der Waals surface area contributed by atoms with Gasteiger partial charge >= 0.3 is 0 Å². The molecule has 1 aliphatic carbocycles. The Hall–Kier alpha value is -1.36. The molecule has 88 valence electrons. The average molecular weight is 223 g/mol. The van der Waals surface area contributed by atoms with E-state index in [1.54, 1.807) is 19.4 Å². The van der Waals surface area contributed by atoms with E-state index in [1.807, 2.05) is 0 Å². The van der Waals surface area contributed by atoms with Gasteiger partial charge < -0.3 is 15.2 Å². The average Bonchev–Trinajstić information content (AvgIpc) is 2.73. The van der Waals surface area contributed by atoms with Gasteiger partial charge in [-0.1, -0.05) is 0 Å². The van der Waals surface area contributed by atoms with Crippen LogP contribution in [-0.2, 0) is 0 Å². The summed E-state index contributed by atoms with van der Waals surface area (Å²) in [6, 6.07) is 1.71. The molecule has 1 fully saturated rings. The van der Waals surface area contributed by atoms with Gasteiger partial charge in [0.25, 0.3) is 0 Å². The summed E-state index contributed by atoms with van der Waals surface area (Å²) in [5, 5.41) is 12.6. The Balaban J connectivity index is 1.84. The van der Waals surface area contributed by atoms with Crippen LogP contribution in [0.5, 0.6) is 5.88 Å². The van der Waals surface area contributed by atoms with Crippen molar-refractivity contribution >= 4 is 5.95 Å². The van der Waals surface area contributed by atoms with Crippen LogP contribution in [0, 0.1) is 5.92 Å². The summed E-state index contributed by atoms with van der Waals surface area (Å²) in [5.41, 5.74) is 0. The SMILES string of the molecule is COc1ccnc(NCC2CCC(O)C2)n1. The minimum atomic E-state index is -0.127. The molecule has 1 aliphatic rings. The third kappa shape index (κ3) is 2.82. The molecule has 0 aliphatic heterocycles. The van der Waals surface area contributed by atoms with Crippen LogP contribution < -0.4 is 10.1 Å². The number of nitrogens with zero attached hydrogens (tertiary/aromatic N) is 2. The van der Waals surface area contributed by atoms with E-state index in [0.29, 0.717) is 17.7 Å². The van der Waals surface area contributed by atoms with Crippen molar-refractivity contribution in [2.45, 2.75) is 25.4 Å². The van der Waals surface area contributed by atoms with Gasteiger partial charge in [0, 0.05) is 18.8 Å². The minimum absolute atomic E-state index is 0.127. The highest BCUT2D eigenvalue weighted by molar-refractivity contribution is 5.27. The maximum absolute atomic E-state index is 9.40. The van der Waals surface area contributed by atoms with E-state index in [2.05, 4.69) is 15.3 Å². The van der Waals surface area contributed by atoms with E-state index in [0.717, 1.165) is 25.8 Å². The highest BCUT2D eigenvalue weighted by atomic mass is 16.5. The Morgan fingerprint density at radius 3 is 3.12 bits per heavy atom. The number of hydrogen-bond acceptors (Lipinski definition) is 5. The molecule has 2 rings (SSSR count). The maximum Gasteiger partial charge on any atom is 0.225 e. The highest BCUT2D eigenvalue weighted by Gasteiger charge is 2.22. The summed E-state index contributed by atoms with van der Waals surface area (Å²) >= 11 is 0. The topological polar surface area (TPSA) is 67.3 Å². The first-order valence-corrected chi connectivity index (χ1v) is 5.57. The summed E-state index contributed by atoms with van der Waals surface area (Å²) in [5.74, 6) is 1.66. The maximum atomic E-state index is 9.40. The molecule has 2 atom stereocenters. The summed E-state index contributed by atoms with van der Waals surface area (Å²) < 4.78 is 5.01. The molecule has 2 unspecified atom stereocenters. The number of nitrogens with one attached hydrogen (secondary N) is 1. The van der Waals surface area contributed by atoms with Crippen molar-refractivity contribution in [3.63, 3.8) is 0 Å². The molecule has 1 saturated carbocycles. The second-order valence-electron chi connectivity index (χ2n) is 4.14. The predicted octanol–water partition coefficient (Wildman–Crippen LogP) is 1.06. The standard InChI is InChI=1S/C11H17N3O2/c1-16-10-4-5-12-11(14-10)13-7-8-2-3-9(15)6-8/h4-5,8-9,15H,2-3,6-7H2,1H3,(H,12,13,14). The first kappa shape index (κ1) is 11.1. The van der Waals surface area contributed by atoms with Crippen molar-refractivity contribution in [3.8, 4) is 5.88 Å². The molecular weight excluding hydrogens is 206 g/mol. The van der Waals surface area contributed by atoms with Gasteiger partial charge in [-0.25, -0.2) is 4.98 Å². The molecule has 16 heavy (non-hydrogen) atoms. The number of aliphatic hydroxyl groups excluding tert-OH is 1. The quantitative estimate of drug-likeness (QED) is 0.798. The number of rotatable bonds is 4. The molecule has 0 spiro atoms. The van der Waals surface area contributed by atoms with Gasteiger partial charge in [-0.2, -0.15) is 4.98 Å². The number of methoxy groups -OCH3 is 1. The van der Waals surface area contributed by atoms with Crippen molar-refractivity contribution in [1.29, 1.82) is 0 Å². The van der Waals surface area contributed by atoms with E-state index in [4.69, 9.17) is 4.74 Å². The second kappa shape index (κ2) is 5.12. The van der Waals surface area contributed by atoms with Crippen molar-refractivity contribution in [2.75, 3.05) is 19.0 Å². The second-order valence-corrected chi connectivity index (χ2v) is 4.14. The third-order valence-electron chi connectivity index (χ3n) is 2.90. The van der Waals surface area contributed by atoms with E-state index in [-0.39, 0.29) is 6.10 Å². The van der Waals surface area contributed by atoms with E-state index in [9.17, 15) is 5.11 Å². The summed E-state index contributed by atoms with van der Waals surface area (Å²) in [4.78, 5) is 8.27. The minimum Gasteiger partial charge on any atom is -0.481 e. The zero-order valence-electron chi connectivity index (χ0n) is 9.39. The number of anilines is 1. The molecule has 0 bridgehead atoms. The summed E-state index contributed by atoms with van der Waals surface area (Å²) in [6.45, 7) is 0.810. The number of aromatic nitrogens is 2. The molecule has 0 saturated heterocycles. The van der Waals surface area contributed by atoms with Crippen LogP contribution in [0.15, 0.2) is 12.3 Å². The zero-order chi connectivity index (χ0) is 11.4. The Labute approximate surface area is 94.9 Å². The predicted molar refractivity (Wildman–Crippen MR) is 60.4 cm³/mol. The molecule has 2 N–H and O–H groups in total. The van der Waals surface area contributed by atoms with Crippen molar-refractivity contribution in [1.82, 2.24) is 9.97 Å². The summed E-state index contributed by atoms with van der Waals surface area (Å²) in [6.07, 6.45) is 4.39. The number of aliphatic hydroxyl groups is 1. The Bertz CT molecular complexity index is 346. The van der Waals surface area contributed by atoms with Crippen LogP contribution in [0.3, 0.4) is 0 Å². The fourth-order valence-corrected chi connectivity index (χ4v) is 2.01. The van der Waals surface area contributed by atoms with E-state index in [1.165, 1.54) is 0 Å². The molecule has 0 radical (unpaired) electrons. The molecule has 1 aromatic rings. The lowest BCUT2D eigenvalue weighted by Gasteiger charge is -2.10. The first-order chi connectivity index (χ1) is 7.78. The van der Waals surface area contributed by atoms with Crippen LogP contribution in [0.2, 0.25) is 0 Å². The van der Waals surface area contributed by atoms with Crippen LogP contribution in [0.4, 0.5) is 5.95 Å². The largest absolute Gasteiger partial charge is 0.481 e. The number of ether oxygens (including phenoxy) is 1. The van der Waals surface area contributed by atoms with Crippen molar-refractivity contribution in [2.24, 2.45) is 5.92 Å². The summed E-state index contributed by atoms with van der Waals surface area (Å²) in [7, 11) is 1.58. The van der Waals surface area contributed by atoms with Crippen molar-refractivity contribution < 1.29 is 9.84 Å². The Morgan fingerprint density at radius 2 is 2.44 bits per heavy atom. The molecule has 5 heteroatoms. The van der Waals surface area contributed by atoms with Crippen LogP contribution in [-0.4, -0.2) is 34.8 Å². The third-order valence-corrected chi connectivity index (χ3v) is 2.90. The van der Waals surface area contributed by atoms with Gasteiger partial charge in [0.2, 0.25) is 11.8 Å². The smallest absolute Gasteiger partial charge is 0.225 e. The molecule has 1 heterocycles. The molecule has 1 aromatic heterocycles. The van der Waals surface area contributed by atoms with E-state index < -0.39 is 0 Å². The normalized spacial score (nSPS) is 24.4. The Kier molecular flexibility index (Phi) is 3.56. The lowest BCUT2D eigenvalue weighted by atomic mass is 10.1. The highest BCUT2D eigenvalue weighted by Crippen LogP contribution is 2.25. The van der Waals surface area contributed by atoms with E-state index >= 15 is 0 Å². The van der Waals surface area contributed by atoms with Gasteiger partial charge in [-0.3, -0.25) is 0 Å². The van der Waals surface area contributed by atoms with Gasteiger partial charge in [-0.15, -0.1) is 0 Å². The van der Waals surface area contributed by atoms with Gasteiger partial charge in [0.1, 0.15) is 0 Å². The van der Waals surface area contributed by atoms with Crippen LogP contribution in [0.25, 0.3) is 0 Å². The van der Waals surface area contributed by atoms with Crippen LogP contribution in [0.1, 0.15) is 19.3 Å². The fourth-order valence-electron chi connectivity index (χ4n) is 2.01. The first-order valence-electron chi connectivity index (χ1n) is 5.57. The van der Waals surface area contributed by atoms with Crippen molar-refractivity contribution in [3.05, 3.63) is 12.3 Å². The molecule has 0 amide bonds. The van der Waals surface area contributed by atoms with Gasteiger partial charge in [0.05, 0.1) is 13.2 Å². The van der Waals surface area contributed by atoms with Gasteiger partial charge in [-0.05, 0) is 25.2 Å². The molecule has 5 nitrogen and oxygen atoms in total. The number of hydrogen-bond donors (Lipinski definition) is 2. The monoisotopic (exact) mass is 223 g/mol. The zero-order valence-corrected chi connectivity index (χ0v) is 9.39. The Morgan fingerprint density at radius 1 is 1.56 bits per heavy atom.